The number of hydrogen-bond donors (Lipinski definition) is 3. The minimum Gasteiger partial charge on any atom is -0.481 e. The van der Waals surface area contributed by atoms with Gasteiger partial charge in [0.1, 0.15) is 5.41 Å². The van der Waals surface area contributed by atoms with E-state index >= 15 is 0 Å². The second-order valence-corrected chi connectivity index (χ2v) is 5.91. The minimum atomic E-state index is -1.03. The molecule has 0 spiro atoms. The van der Waals surface area contributed by atoms with Crippen LogP contribution < -0.4 is 11.1 Å². The van der Waals surface area contributed by atoms with E-state index in [9.17, 15) is 14.7 Å². The number of carboxylic acid groups (broad SMARTS) is 1. The maximum Gasteiger partial charge on any atom is 0.313 e. The first kappa shape index (κ1) is 14.3. The van der Waals surface area contributed by atoms with E-state index in [0.717, 1.165) is 25.7 Å². The third-order valence-electron chi connectivity index (χ3n) is 4.40. The lowest BCUT2D eigenvalue weighted by Crippen LogP contribution is -2.51. The van der Waals surface area contributed by atoms with Crippen molar-refractivity contribution in [1.29, 1.82) is 0 Å². The molecular weight excluding hydrogens is 248 g/mol. The molecule has 2 fully saturated rings. The number of nitrogens with two attached hydrogens (primary N) is 1. The number of carbonyl (C=O) groups is 2. The zero-order chi connectivity index (χ0) is 14.0. The molecule has 6 heteroatoms. The van der Waals surface area contributed by atoms with Crippen molar-refractivity contribution < 1.29 is 19.4 Å². The summed E-state index contributed by atoms with van der Waals surface area (Å²) in [4.78, 5) is 23.5. The first-order valence-electron chi connectivity index (χ1n) is 6.80. The van der Waals surface area contributed by atoms with Gasteiger partial charge < -0.3 is 20.9 Å². The standard InChI is InChI=1S/C13H22N2O4/c1-13(12(17)18)7-19-6-10(13)15-11(16)8-2-4-9(14)5-3-8/h8-10H,2-7,14H2,1H3,(H,15,16)(H,17,18). The average Bonchev–Trinajstić information content (AvgIpc) is 2.73. The molecule has 2 unspecified atom stereocenters. The SMILES string of the molecule is CC1(C(=O)O)COCC1NC(=O)C1CCC(N)CC1. The van der Waals surface area contributed by atoms with Gasteiger partial charge in [-0.05, 0) is 32.6 Å². The average molecular weight is 270 g/mol. The summed E-state index contributed by atoms with van der Waals surface area (Å²) in [5, 5.41) is 12.1. The van der Waals surface area contributed by atoms with Gasteiger partial charge in [0.25, 0.3) is 0 Å². The van der Waals surface area contributed by atoms with Crippen LogP contribution in [-0.2, 0) is 14.3 Å². The molecule has 6 nitrogen and oxygen atoms in total. The molecule has 2 rings (SSSR count). The quantitative estimate of drug-likeness (QED) is 0.675. The van der Waals surface area contributed by atoms with Crippen molar-refractivity contribution >= 4 is 11.9 Å². The van der Waals surface area contributed by atoms with Crippen LogP contribution in [0.25, 0.3) is 0 Å². The Balaban J connectivity index is 1.93. The highest BCUT2D eigenvalue weighted by Gasteiger charge is 2.47. The summed E-state index contributed by atoms with van der Waals surface area (Å²) in [7, 11) is 0. The van der Waals surface area contributed by atoms with Crippen LogP contribution in [0.5, 0.6) is 0 Å². The normalized spacial score (nSPS) is 38.9. The van der Waals surface area contributed by atoms with Crippen molar-refractivity contribution in [3.8, 4) is 0 Å². The molecular formula is C13H22N2O4. The lowest BCUT2D eigenvalue weighted by Gasteiger charge is -2.30. The second kappa shape index (κ2) is 5.46. The lowest BCUT2D eigenvalue weighted by molar-refractivity contribution is -0.149. The Hall–Kier alpha value is -1.14. The molecule has 108 valence electrons. The number of aliphatic carboxylic acids is 1. The Bertz CT molecular complexity index is 366. The molecule has 1 aliphatic heterocycles. The fourth-order valence-electron chi connectivity index (χ4n) is 2.76. The van der Waals surface area contributed by atoms with E-state index in [-0.39, 0.29) is 31.1 Å². The molecule has 1 heterocycles. The van der Waals surface area contributed by atoms with Gasteiger partial charge in [-0.1, -0.05) is 0 Å². The van der Waals surface area contributed by atoms with E-state index in [1.807, 2.05) is 0 Å². The van der Waals surface area contributed by atoms with Gasteiger partial charge in [0, 0.05) is 12.0 Å². The monoisotopic (exact) mass is 270 g/mol. The fourth-order valence-corrected chi connectivity index (χ4v) is 2.76. The zero-order valence-corrected chi connectivity index (χ0v) is 11.2. The molecule has 0 aromatic heterocycles. The fraction of sp³-hybridized carbons (Fsp3) is 0.846. The predicted molar refractivity (Wildman–Crippen MR) is 68.4 cm³/mol. The largest absolute Gasteiger partial charge is 0.481 e. The molecule has 1 saturated carbocycles. The Morgan fingerprint density at radius 1 is 1.32 bits per heavy atom. The topological polar surface area (TPSA) is 102 Å². The molecule has 1 aliphatic carbocycles. The van der Waals surface area contributed by atoms with Crippen molar-refractivity contribution in [2.45, 2.75) is 44.7 Å². The number of carboxylic acids is 1. The molecule has 0 aromatic rings. The first-order valence-corrected chi connectivity index (χ1v) is 6.80. The Kier molecular flexibility index (Phi) is 4.10. The van der Waals surface area contributed by atoms with Crippen LogP contribution in [-0.4, -0.2) is 42.3 Å². The van der Waals surface area contributed by atoms with Gasteiger partial charge in [-0.3, -0.25) is 9.59 Å². The highest BCUT2D eigenvalue weighted by atomic mass is 16.5. The van der Waals surface area contributed by atoms with Crippen molar-refractivity contribution in [2.24, 2.45) is 17.1 Å². The highest BCUT2D eigenvalue weighted by molar-refractivity contribution is 5.81. The van der Waals surface area contributed by atoms with Crippen LogP contribution in [0.1, 0.15) is 32.6 Å². The van der Waals surface area contributed by atoms with Gasteiger partial charge in [-0.25, -0.2) is 0 Å². The number of rotatable bonds is 3. The van der Waals surface area contributed by atoms with Gasteiger partial charge in [-0.2, -0.15) is 0 Å². The Morgan fingerprint density at radius 2 is 1.95 bits per heavy atom. The minimum absolute atomic E-state index is 0.0431. The zero-order valence-electron chi connectivity index (χ0n) is 11.2. The van der Waals surface area contributed by atoms with Gasteiger partial charge in [0.2, 0.25) is 5.91 Å². The lowest BCUT2D eigenvalue weighted by atomic mass is 9.83. The van der Waals surface area contributed by atoms with Gasteiger partial charge >= 0.3 is 5.97 Å². The summed E-state index contributed by atoms with van der Waals surface area (Å²) >= 11 is 0. The smallest absolute Gasteiger partial charge is 0.313 e. The van der Waals surface area contributed by atoms with Crippen LogP contribution in [0.15, 0.2) is 0 Å². The third kappa shape index (κ3) is 2.90. The van der Waals surface area contributed by atoms with Crippen LogP contribution in [0, 0.1) is 11.3 Å². The van der Waals surface area contributed by atoms with E-state index in [0.29, 0.717) is 0 Å². The van der Waals surface area contributed by atoms with E-state index in [1.165, 1.54) is 0 Å². The molecule has 2 aliphatic rings. The molecule has 19 heavy (non-hydrogen) atoms. The number of ether oxygens (including phenoxy) is 1. The van der Waals surface area contributed by atoms with Crippen molar-refractivity contribution in [3.05, 3.63) is 0 Å². The van der Waals surface area contributed by atoms with Crippen LogP contribution in [0.3, 0.4) is 0 Å². The Morgan fingerprint density at radius 3 is 2.53 bits per heavy atom. The number of nitrogens with one attached hydrogen (secondary N) is 1. The van der Waals surface area contributed by atoms with E-state index < -0.39 is 17.4 Å². The summed E-state index contributed by atoms with van der Waals surface area (Å²) in [6.45, 7) is 2.02. The number of carbonyl (C=O) groups excluding carboxylic acids is 1. The van der Waals surface area contributed by atoms with Gasteiger partial charge in [0.15, 0.2) is 0 Å². The van der Waals surface area contributed by atoms with Crippen LogP contribution in [0.2, 0.25) is 0 Å². The maximum atomic E-state index is 12.2. The summed E-state index contributed by atoms with van der Waals surface area (Å²) in [5.74, 6) is -1.03. The van der Waals surface area contributed by atoms with E-state index in [2.05, 4.69) is 5.32 Å². The molecule has 1 saturated heterocycles. The van der Waals surface area contributed by atoms with E-state index in [4.69, 9.17) is 10.5 Å². The first-order chi connectivity index (χ1) is 8.93. The van der Waals surface area contributed by atoms with Crippen LogP contribution in [0.4, 0.5) is 0 Å². The molecule has 0 radical (unpaired) electrons. The summed E-state index contributed by atoms with van der Waals surface area (Å²) in [5.41, 5.74) is 4.79. The molecule has 0 aromatic carbocycles. The second-order valence-electron chi connectivity index (χ2n) is 5.91. The van der Waals surface area contributed by atoms with Crippen LogP contribution >= 0.6 is 0 Å². The van der Waals surface area contributed by atoms with Crippen molar-refractivity contribution in [3.63, 3.8) is 0 Å². The van der Waals surface area contributed by atoms with Gasteiger partial charge in [0.05, 0.1) is 19.3 Å². The van der Waals surface area contributed by atoms with Crippen molar-refractivity contribution in [2.75, 3.05) is 13.2 Å². The Labute approximate surface area is 112 Å². The summed E-state index contributed by atoms with van der Waals surface area (Å²) in [6, 6.07) is -0.253. The summed E-state index contributed by atoms with van der Waals surface area (Å²) in [6.07, 6.45) is 3.28. The molecule has 4 N–H and O–H groups in total. The predicted octanol–water partition coefficient (Wildman–Crippen LogP) is 0.110. The maximum absolute atomic E-state index is 12.2. The number of amides is 1. The highest BCUT2D eigenvalue weighted by Crippen LogP contribution is 2.30. The molecule has 0 bridgehead atoms. The third-order valence-corrected chi connectivity index (χ3v) is 4.40. The van der Waals surface area contributed by atoms with Crippen molar-refractivity contribution in [1.82, 2.24) is 5.32 Å². The van der Waals surface area contributed by atoms with E-state index in [1.54, 1.807) is 6.92 Å². The summed E-state index contributed by atoms with van der Waals surface area (Å²) < 4.78 is 5.22. The molecule has 2 atom stereocenters. The van der Waals surface area contributed by atoms with Gasteiger partial charge in [-0.15, -0.1) is 0 Å². The molecule has 1 amide bonds. The number of hydrogen-bond acceptors (Lipinski definition) is 4.